The van der Waals surface area contributed by atoms with Crippen LogP contribution in [-0.2, 0) is 19.1 Å². The average Bonchev–Trinajstić information content (AvgIpc) is 3.58. The fraction of sp³-hybridized carbons (Fsp3) is 0.208. The molecule has 174 valence electrons. The standard InChI is InChI=1S/C24H19F3N4OS2/c1-14-22-17(24(25,26)27)12-18(20-4-3-11-33-20)29-23(22)31(30-14)10-9-21-28-19(13-34-21)15-5-7-16(32-2)8-6-15/h3-8,11-13H,9-10H2,1-2H3. The van der Waals surface area contributed by atoms with Gasteiger partial charge in [0.1, 0.15) is 5.75 Å². The zero-order valence-electron chi connectivity index (χ0n) is 18.3. The van der Waals surface area contributed by atoms with Crippen molar-refractivity contribution in [1.29, 1.82) is 0 Å². The van der Waals surface area contributed by atoms with Gasteiger partial charge in [0.2, 0.25) is 0 Å². The Kier molecular flexibility index (Phi) is 5.86. The maximum Gasteiger partial charge on any atom is 0.417 e. The molecule has 1 aromatic carbocycles. The average molecular weight is 501 g/mol. The molecule has 5 aromatic rings. The molecule has 5 nitrogen and oxygen atoms in total. The molecule has 5 rings (SSSR count). The molecule has 0 unspecified atom stereocenters. The van der Waals surface area contributed by atoms with Gasteiger partial charge in [0.15, 0.2) is 5.65 Å². The van der Waals surface area contributed by atoms with Crippen LogP contribution in [0, 0.1) is 6.92 Å². The van der Waals surface area contributed by atoms with Crippen molar-refractivity contribution in [3.63, 3.8) is 0 Å². The summed E-state index contributed by atoms with van der Waals surface area (Å²) in [7, 11) is 1.62. The Morgan fingerprint density at radius 1 is 1.03 bits per heavy atom. The van der Waals surface area contributed by atoms with Crippen LogP contribution in [0.3, 0.4) is 0 Å². The van der Waals surface area contributed by atoms with Crippen LogP contribution in [-0.4, -0.2) is 26.9 Å². The quantitative estimate of drug-likeness (QED) is 0.256. The number of thiophene rings is 1. The predicted molar refractivity (Wildman–Crippen MR) is 128 cm³/mol. The summed E-state index contributed by atoms with van der Waals surface area (Å²) in [5.41, 5.74) is 1.96. The smallest absolute Gasteiger partial charge is 0.417 e. The predicted octanol–water partition coefficient (Wildman–Crippen LogP) is 6.86. The molecule has 0 radical (unpaired) electrons. The van der Waals surface area contributed by atoms with Crippen LogP contribution in [0.25, 0.3) is 32.9 Å². The van der Waals surface area contributed by atoms with Crippen molar-refractivity contribution in [2.75, 3.05) is 7.11 Å². The van der Waals surface area contributed by atoms with E-state index in [-0.39, 0.29) is 11.0 Å². The lowest BCUT2D eigenvalue weighted by Crippen LogP contribution is -2.08. The molecule has 0 fully saturated rings. The van der Waals surface area contributed by atoms with Gasteiger partial charge in [-0.15, -0.1) is 22.7 Å². The molecule has 0 aliphatic heterocycles. The highest BCUT2D eigenvalue weighted by Crippen LogP contribution is 2.39. The molecular formula is C24H19F3N4OS2. The third kappa shape index (κ3) is 4.30. The topological polar surface area (TPSA) is 52.8 Å². The van der Waals surface area contributed by atoms with Crippen molar-refractivity contribution >= 4 is 33.7 Å². The van der Waals surface area contributed by atoms with E-state index in [0.717, 1.165) is 28.1 Å². The number of rotatable bonds is 6. The number of fused-ring (bicyclic) bond motifs is 1. The summed E-state index contributed by atoms with van der Waals surface area (Å²) in [6.07, 6.45) is -3.97. The molecule has 0 saturated carbocycles. The van der Waals surface area contributed by atoms with Crippen molar-refractivity contribution in [3.8, 4) is 27.6 Å². The second-order valence-electron chi connectivity index (χ2n) is 7.64. The van der Waals surface area contributed by atoms with Crippen LogP contribution >= 0.6 is 22.7 Å². The Balaban J connectivity index is 1.46. The van der Waals surface area contributed by atoms with Crippen molar-refractivity contribution in [2.24, 2.45) is 0 Å². The number of hydrogen-bond donors (Lipinski definition) is 0. The second kappa shape index (κ2) is 8.84. The molecule has 0 saturated heterocycles. The minimum atomic E-state index is -4.51. The maximum atomic E-state index is 13.9. The first-order chi connectivity index (χ1) is 16.3. The van der Waals surface area contributed by atoms with Crippen LogP contribution in [0.4, 0.5) is 13.2 Å². The molecule has 0 aliphatic rings. The van der Waals surface area contributed by atoms with Gasteiger partial charge in [-0.25, -0.2) is 14.6 Å². The van der Waals surface area contributed by atoms with Gasteiger partial charge in [-0.2, -0.15) is 18.3 Å². The van der Waals surface area contributed by atoms with Crippen LogP contribution < -0.4 is 4.74 Å². The van der Waals surface area contributed by atoms with E-state index in [1.54, 1.807) is 30.8 Å². The minimum absolute atomic E-state index is 0.0471. The monoisotopic (exact) mass is 500 g/mol. The first-order valence-corrected chi connectivity index (χ1v) is 12.2. The summed E-state index contributed by atoms with van der Waals surface area (Å²) < 4.78 is 48.5. The molecule has 0 atom stereocenters. The molecular weight excluding hydrogens is 481 g/mol. The molecule has 34 heavy (non-hydrogen) atoms. The van der Waals surface area contributed by atoms with Crippen molar-refractivity contribution in [3.05, 3.63) is 69.5 Å². The fourth-order valence-corrected chi connectivity index (χ4v) is 5.29. The Hall–Kier alpha value is -3.24. The molecule has 0 amide bonds. The minimum Gasteiger partial charge on any atom is -0.497 e. The number of pyridine rings is 1. The summed E-state index contributed by atoms with van der Waals surface area (Å²) in [6, 6.07) is 12.3. The van der Waals surface area contributed by atoms with E-state index in [2.05, 4.69) is 10.1 Å². The first kappa shape index (κ1) is 22.5. The number of hydrogen-bond acceptors (Lipinski definition) is 6. The number of nitrogens with zero attached hydrogens (tertiary/aromatic N) is 4. The van der Waals surface area contributed by atoms with E-state index in [1.807, 2.05) is 35.0 Å². The highest BCUT2D eigenvalue weighted by molar-refractivity contribution is 7.13. The number of methoxy groups -OCH3 is 1. The normalized spacial score (nSPS) is 11.9. The number of alkyl halides is 3. The van der Waals surface area contributed by atoms with E-state index < -0.39 is 11.7 Å². The van der Waals surface area contributed by atoms with Gasteiger partial charge in [-0.3, -0.25) is 0 Å². The zero-order valence-corrected chi connectivity index (χ0v) is 19.9. The summed E-state index contributed by atoms with van der Waals surface area (Å²) in [6.45, 7) is 1.96. The van der Waals surface area contributed by atoms with Gasteiger partial charge in [-0.1, -0.05) is 6.07 Å². The summed E-state index contributed by atoms with van der Waals surface area (Å²) in [5.74, 6) is 0.771. The summed E-state index contributed by atoms with van der Waals surface area (Å²) >= 11 is 2.87. The van der Waals surface area contributed by atoms with Gasteiger partial charge >= 0.3 is 6.18 Å². The van der Waals surface area contributed by atoms with Crippen LogP contribution in [0.5, 0.6) is 5.75 Å². The van der Waals surface area contributed by atoms with E-state index >= 15 is 0 Å². The van der Waals surface area contributed by atoms with Gasteiger partial charge in [0.05, 0.1) is 45.0 Å². The Morgan fingerprint density at radius 3 is 2.50 bits per heavy atom. The zero-order chi connectivity index (χ0) is 23.9. The van der Waals surface area contributed by atoms with Crippen molar-refractivity contribution < 1.29 is 17.9 Å². The lowest BCUT2D eigenvalue weighted by Gasteiger charge is -2.11. The fourth-order valence-electron chi connectivity index (χ4n) is 3.81. The third-order valence-corrected chi connectivity index (χ3v) is 7.23. The molecule has 10 heteroatoms. The SMILES string of the molecule is COc1ccc(-c2csc(CCn3nc(C)c4c(C(F)(F)F)cc(-c5cccs5)nc43)n2)cc1. The Bertz CT molecular complexity index is 1440. The summed E-state index contributed by atoms with van der Waals surface area (Å²) in [5, 5.41) is 9.12. The molecule has 0 aliphatic carbocycles. The molecule has 0 bridgehead atoms. The van der Waals surface area contributed by atoms with Gasteiger partial charge < -0.3 is 4.74 Å². The van der Waals surface area contributed by atoms with Crippen LogP contribution in [0.2, 0.25) is 0 Å². The van der Waals surface area contributed by atoms with Crippen LogP contribution in [0.15, 0.2) is 53.2 Å². The highest BCUT2D eigenvalue weighted by Gasteiger charge is 2.35. The van der Waals surface area contributed by atoms with Crippen LogP contribution in [0.1, 0.15) is 16.3 Å². The van der Waals surface area contributed by atoms with Crippen molar-refractivity contribution in [2.45, 2.75) is 26.1 Å². The second-order valence-corrected chi connectivity index (χ2v) is 9.53. The van der Waals surface area contributed by atoms with E-state index in [9.17, 15) is 13.2 Å². The largest absolute Gasteiger partial charge is 0.497 e. The number of ether oxygens (including phenoxy) is 1. The lowest BCUT2D eigenvalue weighted by molar-refractivity contribution is -0.136. The third-order valence-electron chi connectivity index (χ3n) is 5.43. The Labute approximate surface area is 201 Å². The van der Waals surface area contributed by atoms with E-state index in [4.69, 9.17) is 9.72 Å². The van der Waals surface area contributed by atoms with E-state index in [1.165, 1.54) is 22.7 Å². The summed E-state index contributed by atoms with van der Waals surface area (Å²) in [4.78, 5) is 9.95. The number of thiazole rings is 1. The number of halogens is 3. The van der Waals surface area contributed by atoms with Gasteiger partial charge in [0.25, 0.3) is 0 Å². The number of benzene rings is 1. The van der Waals surface area contributed by atoms with Crippen molar-refractivity contribution in [1.82, 2.24) is 19.7 Å². The Morgan fingerprint density at radius 2 is 1.82 bits per heavy atom. The molecule has 0 spiro atoms. The van der Waals surface area contributed by atoms with Gasteiger partial charge in [0, 0.05) is 23.9 Å². The lowest BCUT2D eigenvalue weighted by atomic mass is 10.1. The molecule has 4 heterocycles. The maximum absolute atomic E-state index is 13.9. The highest BCUT2D eigenvalue weighted by atomic mass is 32.1. The van der Waals surface area contributed by atoms with E-state index in [0.29, 0.717) is 29.2 Å². The number of aromatic nitrogens is 4. The number of aryl methyl sites for hydroxylation is 3. The molecule has 4 aromatic heterocycles. The van der Waals surface area contributed by atoms with Gasteiger partial charge in [-0.05, 0) is 48.7 Å². The first-order valence-electron chi connectivity index (χ1n) is 10.4. The molecule has 0 N–H and O–H groups in total.